The molecule has 3 fully saturated rings. The van der Waals surface area contributed by atoms with Gasteiger partial charge in [0.15, 0.2) is 0 Å². The maximum absolute atomic E-state index is 13.1. The van der Waals surface area contributed by atoms with Crippen molar-refractivity contribution in [2.24, 2.45) is 0 Å². The van der Waals surface area contributed by atoms with Crippen LogP contribution in [0.15, 0.2) is 65.3 Å². The summed E-state index contributed by atoms with van der Waals surface area (Å²) in [5.41, 5.74) is 0.382. The first kappa shape index (κ1) is 30.4. The third-order valence-corrected chi connectivity index (χ3v) is 9.30. The van der Waals surface area contributed by atoms with Crippen molar-refractivity contribution in [1.29, 1.82) is 0 Å². The van der Waals surface area contributed by atoms with Gasteiger partial charge in [-0.3, -0.25) is 0 Å². The summed E-state index contributed by atoms with van der Waals surface area (Å²) in [5, 5.41) is 25.7. The number of aromatic nitrogens is 2. The molecule has 13 heteroatoms. The number of carboxylic acid groups (broad SMARTS) is 1. The lowest BCUT2D eigenvalue weighted by atomic mass is 9.80. The molecule has 1 aliphatic carbocycles. The summed E-state index contributed by atoms with van der Waals surface area (Å²) in [6, 6.07) is 13.7. The molecule has 0 spiro atoms. The van der Waals surface area contributed by atoms with E-state index in [1.807, 2.05) is 0 Å². The average molecular weight is 656 g/mol. The predicted molar refractivity (Wildman–Crippen MR) is 160 cm³/mol. The number of ether oxygens (including phenoxy) is 2. The Kier molecular flexibility index (Phi) is 7.59. The number of rotatable bonds is 9. The number of fused-ring (bicyclic) bond motifs is 2. The van der Waals surface area contributed by atoms with E-state index in [-0.39, 0.29) is 41.4 Å². The first-order valence-corrected chi connectivity index (χ1v) is 15.3. The molecule has 2 N–H and O–H groups in total. The Morgan fingerprint density at radius 1 is 1.07 bits per heavy atom. The summed E-state index contributed by atoms with van der Waals surface area (Å²) < 4.78 is 55.3. The highest BCUT2D eigenvalue weighted by Crippen LogP contribution is 2.49. The standard InChI is InChI=1S/C33H29ClF3N3O6/c34-26-14-22(44-17-24-29(39-46-30(24)18-5-6-18)23-3-1-2-4-27(23)45-33(35,36)37)9-10-25(26)32(43)15-20-7-8-21(16-32)40(20)28-13-19(31(41)42)11-12-38-28/h1-4,9-14,18,20-21,43H,5-8,15-17H2,(H,41,42)/t20-,21+,32?. The number of aliphatic hydroxyl groups is 1. The molecule has 46 heavy (non-hydrogen) atoms. The van der Waals surface area contributed by atoms with E-state index in [1.54, 1.807) is 30.3 Å². The van der Waals surface area contributed by atoms with Gasteiger partial charge in [0.25, 0.3) is 0 Å². The highest BCUT2D eigenvalue weighted by Gasteiger charge is 2.49. The zero-order valence-corrected chi connectivity index (χ0v) is 25.1. The Labute approximate surface area is 266 Å². The second-order valence-corrected chi connectivity index (χ2v) is 12.5. The number of halogens is 4. The van der Waals surface area contributed by atoms with E-state index < -0.39 is 23.7 Å². The molecule has 7 rings (SSSR count). The minimum absolute atomic E-state index is 0.0352. The van der Waals surface area contributed by atoms with Gasteiger partial charge < -0.3 is 29.1 Å². The number of carboxylic acids is 1. The van der Waals surface area contributed by atoms with Crippen LogP contribution in [0.5, 0.6) is 11.5 Å². The summed E-state index contributed by atoms with van der Waals surface area (Å²) in [5.74, 6) is 0.246. The fraction of sp³-hybridized carbons (Fsp3) is 0.364. The lowest BCUT2D eigenvalue weighted by Crippen LogP contribution is -2.50. The van der Waals surface area contributed by atoms with Crippen molar-refractivity contribution in [3.63, 3.8) is 0 Å². The van der Waals surface area contributed by atoms with E-state index in [0.29, 0.717) is 46.3 Å². The zero-order chi connectivity index (χ0) is 32.2. The first-order chi connectivity index (χ1) is 22.0. The highest BCUT2D eigenvalue weighted by atomic mass is 35.5. The lowest BCUT2D eigenvalue weighted by molar-refractivity contribution is -0.274. The van der Waals surface area contributed by atoms with Gasteiger partial charge >= 0.3 is 12.3 Å². The van der Waals surface area contributed by atoms with Crippen LogP contribution in [0.4, 0.5) is 19.0 Å². The van der Waals surface area contributed by atoms with E-state index in [1.165, 1.54) is 30.5 Å². The lowest BCUT2D eigenvalue weighted by Gasteiger charge is -2.45. The van der Waals surface area contributed by atoms with Gasteiger partial charge in [-0.25, -0.2) is 9.78 Å². The largest absolute Gasteiger partial charge is 0.573 e. The number of nitrogens with zero attached hydrogens (tertiary/aromatic N) is 3. The van der Waals surface area contributed by atoms with E-state index in [0.717, 1.165) is 25.7 Å². The van der Waals surface area contributed by atoms with Gasteiger partial charge in [0.1, 0.15) is 35.4 Å². The summed E-state index contributed by atoms with van der Waals surface area (Å²) in [4.78, 5) is 18.0. The van der Waals surface area contributed by atoms with Gasteiger partial charge in [0, 0.05) is 48.2 Å². The Morgan fingerprint density at radius 3 is 2.48 bits per heavy atom. The maximum Gasteiger partial charge on any atom is 0.573 e. The summed E-state index contributed by atoms with van der Waals surface area (Å²) in [7, 11) is 0. The molecule has 1 unspecified atom stereocenters. The number of carbonyl (C=O) groups is 1. The van der Waals surface area contributed by atoms with Gasteiger partial charge in [0.05, 0.1) is 21.8 Å². The number of alkyl halides is 3. The third kappa shape index (κ3) is 5.87. The number of piperidine rings is 1. The normalized spacial score (nSPS) is 22.6. The minimum atomic E-state index is -4.88. The Morgan fingerprint density at radius 2 is 1.80 bits per heavy atom. The van der Waals surface area contributed by atoms with Crippen LogP contribution < -0.4 is 14.4 Å². The minimum Gasteiger partial charge on any atom is -0.489 e. The number of aromatic carboxylic acids is 1. The quantitative estimate of drug-likeness (QED) is 0.189. The Bertz CT molecular complexity index is 1780. The fourth-order valence-electron chi connectivity index (χ4n) is 6.85. The van der Waals surface area contributed by atoms with E-state index in [4.69, 9.17) is 20.9 Å². The van der Waals surface area contributed by atoms with Crippen LogP contribution in [-0.4, -0.2) is 44.8 Å². The van der Waals surface area contributed by atoms with Crippen molar-refractivity contribution in [3.8, 4) is 22.8 Å². The summed E-state index contributed by atoms with van der Waals surface area (Å²) in [6.07, 6.45) is 0.784. The van der Waals surface area contributed by atoms with E-state index in [9.17, 15) is 28.2 Å². The Balaban J connectivity index is 1.10. The van der Waals surface area contributed by atoms with Crippen LogP contribution in [0.25, 0.3) is 11.3 Å². The van der Waals surface area contributed by atoms with Crippen molar-refractivity contribution < 1.29 is 42.2 Å². The smallest absolute Gasteiger partial charge is 0.489 e. The molecular weight excluding hydrogens is 627 g/mol. The molecule has 4 aromatic rings. The third-order valence-electron chi connectivity index (χ3n) is 8.98. The van der Waals surface area contributed by atoms with Crippen LogP contribution in [-0.2, 0) is 12.2 Å². The second-order valence-electron chi connectivity index (χ2n) is 12.1. The van der Waals surface area contributed by atoms with E-state index in [2.05, 4.69) is 19.8 Å². The summed E-state index contributed by atoms with van der Waals surface area (Å²) >= 11 is 6.75. The molecule has 4 heterocycles. The van der Waals surface area contributed by atoms with Crippen LogP contribution >= 0.6 is 11.6 Å². The van der Waals surface area contributed by atoms with Crippen molar-refractivity contribution in [2.75, 3.05) is 4.90 Å². The van der Waals surface area contributed by atoms with Crippen LogP contribution in [0.2, 0.25) is 5.02 Å². The van der Waals surface area contributed by atoms with Gasteiger partial charge in [-0.2, -0.15) is 0 Å². The molecule has 3 atom stereocenters. The first-order valence-electron chi connectivity index (χ1n) is 15.0. The number of pyridine rings is 1. The number of anilines is 1. The molecule has 0 radical (unpaired) electrons. The van der Waals surface area contributed by atoms with Crippen molar-refractivity contribution >= 4 is 23.4 Å². The molecule has 2 saturated heterocycles. The highest BCUT2D eigenvalue weighted by molar-refractivity contribution is 6.31. The van der Waals surface area contributed by atoms with Crippen LogP contribution in [0, 0.1) is 0 Å². The zero-order valence-electron chi connectivity index (χ0n) is 24.3. The number of hydrogen-bond acceptors (Lipinski definition) is 8. The van der Waals surface area contributed by atoms with Crippen molar-refractivity contribution in [3.05, 3.63) is 88.3 Å². The van der Waals surface area contributed by atoms with Gasteiger partial charge in [-0.1, -0.05) is 35.0 Å². The molecule has 9 nitrogen and oxygen atoms in total. The monoisotopic (exact) mass is 655 g/mol. The van der Waals surface area contributed by atoms with Gasteiger partial charge in [-0.05, 0) is 62.1 Å². The van der Waals surface area contributed by atoms with Gasteiger partial charge in [-0.15, -0.1) is 13.2 Å². The molecule has 0 amide bonds. The molecule has 2 aromatic heterocycles. The molecule has 1 saturated carbocycles. The maximum atomic E-state index is 13.1. The Hall–Kier alpha value is -4.29. The van der Waals surface area contributed by atoms with Gasteiger partial charge in [0.2, 0.25) is 0 Å². The predicted octanol–water partition coefficient (Wildman–Crippen LogP) is 7.46. The number of benzene rings is 2. The van der Waals surface area contributed by atoms with Crippen molar-refractivity contribution in [1.82, 2.24) is 10.1 Å². The molecule has 3 aliphatic rings. The van der Waals surface area contributed by atoms with Crippen LogP contribution in [0.1, 0.15) is 71.7 Å². The SMILES string of the molecule is O=C(O)c1ccnc(N2[C@@H]3CC[C@H]2CC(O)(c2ccc(OCc4c(-c5ccccc5OC(F)(F)F)noc4C4CC4)cc2Cl)C3)c1. The van der Waals surface area contributed by atoms with Crippen LogP contribution in [0.3, 0.4) is 0 Å². The molecule has 2 bridgehead atoms. The molecule has 2 aliphatic heterocycles. The number of hydrogen-bond donors (Lipinski definition) is 2. The number of para-hydroxylation sites is 1. The van der Waals surface area contributed by atoms with E-state index >= 15 is 0 Å². The molecular formula is C33H29ClF3N3O6. The second kappa shape index (κ2) is 11.5. The fourth-order valence-corrected chi connectivity index (χ4v) is 7.19. The average Bonchev–Trinajstić information content (AvgIpc) is 3.70. The summed E-state index contributed by atoms with van der Waals surface area (Å²) in [6.45, 7) is -0.0352. The topological polar surface area (TPSA) is 118 Å². The molecule has 240 valence electrons. The molecule has 2 aromatic carbocycles. The van der Waals surface area contributed by atoms with Crippen molar-refractivity contribution in [2.45, 2.75) is 75.1 Å².